The number of ether oxygens (including phenoxy) is 3. The van der Waals surface area contributed by atoms with Gasteiger partial charge in [-0.15, -0.1) is 0 Å². The molecule has 0 saturated carbocycles. The molecule has 1 aliphatic rings. The number of nitrogens with one attached hydrogen (secondary N) is 3. The minimum absolute atomic E-state index is 0.131. The average molecular weight is 476 g/mol. The normalized spacial score (nSPS) is 15.1. The van der Waals surface area contributed by atoms with Crippen molar-refractivity contribution in [2.24, 2.45) is 0 Å². The van der Waals surface area contributed by atoms with Gasteiger partial charge in [0.05, 0.1) is 42.9 Å². The first-order chi connectivity index (χ1) is 17.0. The fourth-order valence-electron chi connectivity index (χ4n) is 3.71. The van der Waals surface area contributed by atoms with Gasteiger partial charge in [0.25, 0.3) is 0 Å². The van der Waals surface area contributed by atoms with Gasteiger partial charge in [-0.1, -0.05) is 42.5 Å². The van der Waals surface area contributed by atoms with Crippen molar-refractivity contribution in [3.05, 3.63) is 83.2 Å². The zero-order chi connectivity index (χ0) is 24.8. The molecule has 0 aliphatic carbocycles. The van der Waals surface area contributed by atoms with E-state index in [9.17, 15) is 14.4 Å². The standard InChI is InChI=1S/C25H24N4O6/c1-3-34-24(31)20-19(27-25(32)28-22(20)16-9-11-17(33-2)12-10-16)14-35-23(30)18-13-26-29-21(18)15-7-5-4-6-8-15/h4-13,22H,3,14H2,1-2H3,(H,26,29)(H2,27,28,32). The Bertz CT molecular complexity index is 1250. The number of hydrogen-bond donors (Lipinski definition) is 3. The van der Waals surface area contributed by atoms with Crippen LogP contribution in [-0.4, -0.2) is 48.5 Å². The van der Waals surface area contributed by atoms with Crippen LogP contribution in [0.3, 0.4) is 0 Å². The Labute approximate surface area is 201 Å². The third-order valence-electron chi connectivity index (χ3n) is 5.37. The summed E-state index contributed by atoms with van der Waals surface area (Å²) in [5.41, 5.74) is 2.39. The number of amides is 2. The van der Waals surface area contributed by atoms with Crippen molar-refractivity contribution in [1.29, 1.82) is 0 Å². The lowest BCUT2D eigenvalue weighted by molar-refractivity contribution is -0.139. The maximum atomic E-state index is 12.9. The van der Waals surface area contributed by atoms with Crippen molar-refractivity contribution in [3.8, 4) is 17.0 Å². The third-order valence-corrected chi connectivity index (χ3v) is 5.37. The zero-order valence-corrected chi connectivity index (χ0v) is 19.2. The van der Waals surface area contributed by atoms with Gasteiger partial charge in [-0.05, 0) is 24.6 Å². The van der Waals surface area contributed by atoms with E-state index in [1.54, 1.807) is 38.3 Å². The van der Waals surface area contributed by atoms with Gasteiger partial charge in [0.2, 0.25) is 0 Å². The molecule has 3 aromatic rings. The van der Waals surface area contributed by atoms with Crippen molar-refractivity contribution < 1.29 is 28.6 Å². The molecule has 0 bridgehead atoms. The molecule has 0 fully saturated rings. The topological polar surface area (TPSA) is 132 Å². The Hall–Kier alpha value is -4.60. The SMILES string of the molecule is CCOC(=O)C1=C(COC(=O)c2cn[nH]c2-c2ccccc2)NC(=O)NC1c1ccc(OC)cc1. The van der Waals surface area contributed by atoms with E-state index < -0.39 is 24.0 Å². The highest BCUT2D eigenvalue weighted by atomic mass is 16.5. The number of carbonyl (C=O) groups excluding carboxylic acids is 3. The first-order valence-corrected chi connectivity index (χ1v) is 10.9. The third kappa shape index (κ3) is 5.16. The molecule has 1 unspecified atom stereocenters. The maximum absolute atomic E-state index is 12.9. The van der Waals surface area contributed by atoms with Crippen molar-refractivity contribution in [2.75, 3.05) is 20.3 Å². The molecule has 1 aromatic heterocycles. The highest BCUT2D eigenvalue weighted by Gasteiger charge is 2.34. The smallest absolute Gasteiger partial charge is 0.342 e. The van der Waals surface area contributed by atoms with Crippen LogP contribution in [0.4, 0.5) is 4.79 Å². The summed E-state index contributed by atoms with van der Waals surface area (Å²) >= 11 is 0. The van der Waals surface area contributed by atoms with E-state index in [0.29, 0.717) is 17.0 Å². The summed E-state index contributed by atoms with van der Waals surface area (Å²) in [6.45, 7) is 1.46. The molecule has 3 N–H and O–H groups in total. The van der Waals surface area contributed by atoms with Crippen LogP contribution in [0.5, 0.6) is 5.75 Å². The molecule has 0 radical (unpaired) electrons. The second kappa shape index (κ2) is 10.6. The number of rotatable bonds is 8. The number of aromatic amines is 1. The number of hydrogen-bond acceptors (Lipinski definition) is 7. The molecule has 0 saturated heterocycles. The minimum Gasteiger partial charge on any atom is -0.497 e. The number of benzene rings is 2. The number of carbonyl (C=O) groups is 3. The van der Waals surface area contributed by atoms with Gasteiger partial charge in [0, 0.05) is 5.56 Å². The lowest BCUT2D eigenvalue weighted by Gasteiger charge is -2.29. The first-order valence-electron chi connectivity index (χ1n) is 10.9. The van der Waals surface area contributed by atoms with E-state index in [4.69, 9.17) is 14.2 Å². The minimum atomic E-state index is -0.809. The van der Waals surface area contributed by atoms with E-state index in [0.717, 1.165) is 5.56 Å². The summed E-state index contributed by atoms with van der Waals surface area (Å²) in [4.78, 5) is 38.2. The molecule has 0 spiro atoms. The summed E-state index contributed by atoms with van der Waals surface area (Å²) < 4.78 is 15.9. The Balaban J connectivity index is 1.62. The van der Waals surface area contributed by atoms with Crippen LogP contribution in [0.1, 0.15) is 28.9 Å². The molecule has 1 atom stereocenters. The van der Waals surface area contributed by atoms with E-state index >= 15 is 0 Å². The number of aromatic nitrogens is 2. The van der Waals surface area contributed by atoms with Crippen LogP contribution >= 0.6 is 0 Å². The predicted molar refractivity (Wildman–Crippen MR) is 125 cm³/mol. The molecule has 4 rings (SSSR count). The lowest BCUT2D eigenvalue weighted by atomic mass is 9.95. The molecular formula is C25H24N4O6. The van der Waals surface area contributed by atoms with Crippen molar-refractivity contribution in [2.45, 2.75) is 13.0 Å². The molecule has 1 aliphatic heterocycles. The Morgan fingerprint density at radius 2 is 1.74 bits per heavy atom. The average Bonchev–Trinajstić information content (AvgIpc) is 3.38. The number of H-pyrrole nitrogens is 1. The number of esters is 2. The summed E-state index contributed by atoms with van der Waals surface area (Å²) in [7, 11) is 1.54. The Kier molecular flexibility index (Phi) is 7.10. The molecule has 180 valence electrons. The maximum Gasteiger partial charge on any atom is 0.342 e. The van der Waals surface area contributed by atoms with Gasteiger partial charge in [-0.3, -0.25) is 5.10 Å². The van der Waals surface area contributed by atoms with Crippen molar-refractivity contribution in [3.63, 3.8) is 0 Å². The highest BCUT2D eigenvalue weighted by Crippen LogP contribution is 2.29. The zero-order valence-electron chi connectivity index (χ0n) is 19.2. The van der Waals surface area contributed by atoms with Gasteiger partial charge < -0.3 is 24.8 Å². The first kappa shape index (κ1) is 23.6. The van der Waals surface area contributed by atoms with Crippen LogP contribution in [0.25, 0.3) is 11.3 Å². The number of urea groups is 1. The second-order valence-electron chi connectivity index (χ2n) is 7.52. The number of methoxy groups -OCH3 is 1. The molecule has 2 amide bonds. The van der Waals surface area contributed by atoms with Gasteiger partial charge in [-0.2, -0.15) is 5.10 Å². The second-order valence-corrected chi connectivity index (χ2v) is 7.52. The van der Waals surface area contributed by atoms with Gasteiger partial charge in [-0.25, -0.2) is 14.4 Å². The highest BCUT2D eigenvalue weighted by molar-refractivity contribution is 5.97. The largest absolute Gasteiger partial charge is 0.497 e. The van der Waals surface area contributed by atoms with Crippen LogP contribution in [0.15, 0.2) is 72.1 Å². The van der Waals surface area contributed by atoms with Crippen LogP contribution < -0.4 is 15.4 Å². The molecule has 2 aromatic carbocycles. The van der Waals surface area contributed by atoms with E-state index in [-0.39, 0.29) is 30.0 Å². The van der Waals surface area contributed by atoms with Gasteiger partial charge in [0.1, 0.15) is 17.9 Å². The van der Waals surface area contributed by atoms with Gasteiger partial charge in [0.15, 0.2) is 0 Å². The molecule has 10 nitrogen and oxygen atoms in total. The quantitative estimate of drug-likeness (QED) is 0.426. The molecular weight excluding hydrogens is 452 g/mol. The lowest BCUT2D eigenvalue weighted by Crippen LogP contribution is -2.47. The van der Waals surface area contributed by atoms with E-state index in [2.05, 4.69) is 20.8 Å². The van der Waals surface area contributed by atoms with Crippen LogP contribution in [0, 0.1) is 0 Å². The summed E-state index contributed by atoms with van der Waals surface area (Å²) in [6, 6.07) is 14.7. The number of nitrogens with zero attached hydrogens (tertiary/aromatic N) is 1. The summed E-state index contributed by atoms with van der Waals surface area (Å²) in [5, 5.41) is 12.1. The van der Waals surface area contributed by atoms with Crippen LogP contribution in [-0.2, 0) is 14.3 Å². The molecule has 2 heterocycles. The fraction of sp³-hybridized carbons (Fsp3) is 0.200. The Morgan fingerprint density at radius 1 is 1.00 bits per heavy atom. The van der Waals surface area contributed by atoms with Gasteiger partial charge >= 0.3 is 18.0 Å². The van der Waals surface area contributed by atoms with E-state index in [1.807, 2.05) is 30.3 Å². The summed E-state index contributed by atoms with van der Waals surface area (Å²) in [6.07, 6.45) is 1.37. The predicted octanol–water partition coefficient (Wildman–Crippen LogP) is 3.11. The summed E-state index contributed by atoms with van der Waals surface area (Å²) in [5.74, 6) is -0.679. The Morgan fingerprint density at radius 3 is 2.43 bits per heavy atom. The van der Waals surface area contributed by atoms with Crippen molar-refractivity contribution in [1.82, 2.24) is 20.8 Å². The van der Waals surface area contributed by atoms with Crippen molar-refractivity contribution >= 4 is 18.0 Å². The van der Waals surface area contributed by atoms with Crippen LogP contribution in [0.2, 0.25) is 0 Å². The monoisotopic (exact) mass is 476 g/mol. The molecule has 35 heavy (non-hydrogen) atoms. The fourth-order valence-corrected chi connectivity index (χ4v) is 3.71. The molecule has 10 heteroatoms. The van der Waals surface area contributed by atoms with E-state index in [1.165, 1.54) is 6.20 Å².